The molecule has 4 rings (SSSR count). The predicted molar refractivity (Wildman–Crippen MR) is 78.7 cm³/mol. The number of benzene rings is 1. The highest BCUT2D eigenvalue weighted by atomic mass is 35.5. The van der Waals surface area contributed by atoms with Gasteiger partial charge in [-0.05, 0) is 55.7 Å². The second-order valence-electron chi connectivity index (χ2n) is 6.56. The van der Waals surface area contributed by atoms with Crippen molar-refractivity contribution in [2.45, 2.75) is 37.9 Å². The summed E-state index contributed by atoms with van der Waals surface area (Å²) in [6.07, 6.45) is 6.22. The molecule has 3 fully saturated rings. The molecule has 20 heavy (non-hydrogen) atoms. The Morgan fingerprint density at radius 1 is 1.00 bits per heavy atom. The zero-order chi connectivity index (χ0) is 13.6. The van der Waals surface area contributed by atoms with Crippen LogP contribution in [0.15, 0.2) is 24.3 Å². The maximum Gasteiger partial charge on any atom is 0.174 e. The number of rotatable bonds is 2. The summed E-state index contributed by atoms with van der Waals surface area (Å²) in [5, 5.41) is 0.823. The number of hydrogen-bond donors (Lipinski definition) is 0. The Bertz CT molecular complexity index is 462. The lowest BCUT2D eigenvalue weighted by molar-refractivity contribution is -0.228. The molecule has 2 unspecified atom stereocenters. The molecular formula is C17H21ClO2. The highest BCUT2D eigenvalue weighted by Gasteiger charge is 2.57. The summed E-state index contributed by atoms with van der Waals surface area (Å²) in [6, 6.07) is 8.33. The summed E-state index contributed by atoms with van der Waals surface area (Å²) in [7, 11) is 0. The molecule has 2 nitrogen and oxygen atoms in total. The smallest absolute Gasteiger partial charge is 0.174 e. The highest BCUT2D eigenvalue weighted by Crippen LogP contribution is 2.55. The Kier molecular flexibility index (Phi) is 3.29. The van der Waals surface area contributed by atoms with Crippen molar-refractivity contribution in [3.8, 4) is 0 Å². The number of hydrogen-bond acceptors (Lipinski definition) is 2. The zero-order valence-corrected chi connectivity index (χ0v) is 12.4. The quantitative estimate of drug-likeness (QED) is 0.818. The third-order valence-corrected chi connectivity index (χ3v) is 5.67. The molecule has 2 bridgehead atoms. The molecule has 1 heterocycles. The predicted octanol–water partition coefficient (Wildman–Crippen LogP) is 4.06. The van der Waals surface area contributed by atoms with Crippen LogP contribution in [-0.4, -0.2) is 19.0 Å². The molecule has 1 aliphatic heterocycles. The van der Waals surface area contributed by atoms with Gasteiger partial charge in [0.15, 0.2) is 5.79 Å². The third-order valence-electron chi connectivity index (χ3n) is 5.41. The Hall–Kier alpha value is -0.570. The standard InChI is InChI=1S/C17H21ClO2/c18-16-5-1-12(2-6-16)9-13-10-14-3-4-15(11-13)17(14)19-7-8-20-17/h1-2,5-6,13-15H,3-4,7-11H2. The summed E-state index contributed by atoms with van der Waals surface area (Å²) in [5.74, 6) is 1.80. The van der Waals surface area contributed by atoms with E-state index >= 15 is 0 Å². The van der Waals surface area contributed by atoms with E-state index in [0.29, 0.717) is 11.8 Å². The van der Waals surface area contributed by atoms with E-state index in [1.54, 1.807) is 0 Å². The average Bonchev–Trinajstić information content (AvgIpc) is 2.98. The van der Waals surface area contributed by atoms with Gasteiger partial charge in [0.05, 0.1) is 13.2 Å². The van der Waals surface area contributed by atoms with E-state index in [-0.39, 0.29) is 5.79 Å². The van der Waals surface area contributed by atoms with E-state index in [9.17, 15) is 0 Å². The van der Waals surface area contributed by atoms with Crippen LogP contribution in [0.5, 0.6) is 0 Å². The second kappa shape index (κ2) is 5.01. The van der Waals surface area contributed by atoms with E-state index < -0.39 is 0 Å². The lowest BCUT2D eigenvalue weighted by atomic mass is 9.74. The Morgan fingerprint density at radius 2 is 1.60 bits per heavy atom. The molecule has 2 atom stereocenters. The highest BCUT2D eigenvalue weighted by molar-refractivity contribution is 6.30. The topological polar surface area (TPSA) is 18.5 Å². The van der Waals surface area contributed by atoms with Gasteiger partial charge in [-0.1, -0.05) is 23.7 Å². The van der Waals surface area contributed by atoms with Gasteiger partial charge in [0, 0.05) is 16.9 Å². The van der Waals surface area contributed by atoms with Gasteiger partial charge in [0.2, 0.25) is 0 Å². The van der Waals surface area contributed by atoms with Crippen LogP contribution in [0.3, 0.4) is 0 Å². The molecule has 1 saturated heterocycles. The van der Waals surface area contributed by atoms with Crippen molar-refractivity contribution in [3.63, 3.8) is 0 Å². The minimum Gasteiger partial charge on any atom is -0.347 e. The van der Waals surface area contributed by atoms with Gasteiger partial charge < -0.3 is 9.47 Å². The van der Waals surface area contributed by atoms with Crippen LogP contribution in [0, 0.1) is 17.8 Å². The Balaban J connectivity index is 1.47. The molecular weight excluding hydrogens is 272 g/mol. The molecule has 2 aliphatic carbocycles. The van der Waals surface area contributed by atoms with Crippen molar-refractivity contribution in [3.05, 3.63) is 34.9 Å². The molecule has 1 aromatic rings. The fraction of sp³-hybridized carbons (Fsp3) is 0.647. The average molecular weight is 293 g/mol. The van der Waals surface area contributed by atoms with Crippen LogP contribution in [0.4, 0.5) is 0 Å². The normalized spacial score (nSPS) is 34.8. The van der Waals surface area contributed by atoms with Gasteiger partial charge in [0.25, 0.3) is 0 Å². The monoisotopic (exact) mass is 292 g/mol. The summed E-state index contributed by atoms with van der Waals surface area (Å²) >= 11 is 5.96. The molecule has 0 N–H and O–H groups in total. The van der Waals surface area contributed by atoms with Crippen LogP contribution < -0.4 is 0 Å². The maximum absolute atomic E-state index is 6.04. The molecule has 3 heteroatoms. The summed E-state index contributed by atoms with van der Waals surface area (Å²) in [4.78, 5) is 0. The molecule has 3 aliphatic rings. The SMILES string of the molecule is Clc1ccc(CC2CC3CCC(C2)C32OCCO2)cc1. The maximum atomic E-state index is 6.04. The van der Waals surface area contributed by atoms with Crippen LogP contribution in [0.2, 0.25) is 5.02 Å². The van der Waals surface area contributed by atoms with Crippen LogP contribution in [0.1, 0.15) is 31.2 Å². The lowest BCUT2D eigenvalue weighted by Gasteiger charge is -2.42. The van der Waals surface area contributed by atoms with Crippen molar-refractivity contribution in [1.82, 2.24) is 0 Å². The third kappa shape index (κ3) is 2.09. The van der Waals surface area contributed by atoms with Gasteiger partial charge in [-0.2, -0.15) is 0 Å². The fourth-order valence-electron chi connectivity index (χ4n) is 4.64. The molecule has 0 aromatic heterocycles. The van der Waals surface area contributed by atoms with Gasteiger partial charge in [-0.15, -0.1) is 0 Å². The van der Waals surface area contributed by atoms with E-state index in [1.807, 2.05) is 12.1 Å². The first-order chi connectivity index (χ1) is 9.76. The van der Waals surface area contributed by atoms with E-state index in [4.69, 9.17) is 21.1 Å². The zero-order valence-electron chi connectivity index (χ0n) is 11.7. The molecule has 1 aromatic carbocycles. The van der Waals surface area contributed by atoms with Crippen molar-refractivity contribution in [2.75, 3.05) is 13.2 Å². The number of halogens is 1. The van der Waals surface area contributed by atoms with Crippen molar-refractivity contribution >= 4 is 11.6 Å². The molecule has 0 amide bonds. The van der Waals surface area contributed by atoms with E-state index in [1.165, 1.54) is 37.7 Å². The van der Waals surface area contributed by atoms with Crippen LogP contribution in [-0.2, 0) is 15.9 Å². The first-order valence-electron chi connectivity index (χ1n) is 7.78. The van der Waals surface area contributed by atoms with Crippen LogP contribution in [0.25, 0.3) is 0 Å². The van der Waals surface area contributed by atoms with Crippen LogP contribution >= 0.6 is 11.6 Å². The lowest BCUT2D eigenvalue weighted by Crippen LogP contribution is -2.46. The minimum absolute atomic E-state index is 0.198. The largest absolute Gasteiger partial charge is 0.347 e. The number of ether oxygens (including phenoxy) is 2. The first-order valence-corrected chi connectivity index (χ1v) is 8.16. The Labute approximate surface area is 125 Å². The molecule has 108 valence electrons. The second-order valence-corrected chi connectivity index (χ2v) is 6.99. The molecule has 0 radical (unpaired) electrons. The van der Waals surface area contributed by atoms with E-state index in [0.717, 1.165) is 24.2 Å². The molecule has 2 saturated carbocycles. The van der Waals surface area contributed by atoms with Gasteiger partial charge in [0.1, 0.15) is 0 Å². The fourth-order valence-corrected chi connectivity index (χ4v) is 4.77. The molecule has 1 spiro atoms. The Morgan fingerprint density at radius 3 is 2.20 bits per heavy atom. The van der Waals surface area contributed by atoms with Gasteiger partial charge >= 0.3 is 0 Å². The first kappa shape index (κ1) is 13.1. The van der Waals surface area contributed by atoms with Crippen molar-refractivity contribution < 1.29 is 9.47 Å². The van der Waals surface area contributed by atoms with Gasteiger partial charge in [-0.25, -0.2) is 0 Å². The minimum atomic E-state index is -0.198. The van der Waals surface area contributed by atoms with Crippen molar-refractivity contribution in [1.29, 1.82) is 0 Å². The summed E-state index contributed by atoms with van der Waals surface area (Å²) < 4.78 is 12.1. The summed E-state index contributed by atoms with van der Waals surface area (Å²) in [5.41, 5.74) is 1.41. The van der Waals surface area contributed by atoms with Crippen molar-refractivity contribution in [2.24, 2.45) is 17.8 Å². The van der Waals surface area contributed by atoms with Gasteiger partial charge in [-0.3, -0.25) is 0 Å². The summed E-state index contributed by atoms with van der Waals surface area (Å²) in [6.45, 7) is 1.57. The van der Waals surface area contributed by atoms with E-state index in [2.05, 4.69) is 12.1 Å².